The van der Waals surface area contributed by atoms with Crippen LogP contribution in [0.4, 0.5) is 0 Å². The number of rotatable bonds is 8. The molecule has 0 aromatic carbocycles. The number of piperidine rings is 1. The maximum absolute atomic E-state index is 13.6. The van der Waals surface area contributed by atoms with Crippen molar-refractivity contribution in [2.75, 3.05) is 27.2 Å². The predicted octanol–water partition coefficient (Wildman–Crippen LogP) is 3.24. The maximum atomic E-state index is 13.6. The highest BCUT2D eigenvalue weighted by molar-refractivity contribution is 5.91. The fourth-order valence-electron chi connectivity index (χ4n) is 4.26. The van der Waals surface area contributed by atoms with E-state index in [4.69, 9.17) is 4.74 Å². The lowest BCUT2D eigenvalue weighted by molar-refractivity contribution is -0.142. The van der Waals surface area contributed by atoms with Gasteiger partial charge in [-0.05, 0) is 51.0 Å². The van der Waals surface area contributed by atoms with Gasteiger partial charge in [-0.25, -0.2) is 4.79 Å². The number of carbonyl (C=O) groups is 3. The van der Waals surface area contributed by atoms with Gasteiger partial charge in [-0.2, -0.15) is 0 Å². The molecule has 0 spiro atoms. The summed E-state index contributed by atoms with van der Waals surface area (Å²) in [5, 5.41) is 3.06. The van der Waals surface area contributed by atoms with Crippen molar-refractivity contribution < 1.29 is 19.1 Å². The highest BCUT2D eigenvalue weighted by Crippen LogP contribution is 2.25. The Labute approximate surface area is 194 Å². The molecule has 1 aliphatic heterocycles. The number of nitrogens with zero attached hydrogens (tertiary/aromatic N) is 2. The number of esters is 1. The first-order chi connectivity index (χ1) is 14.7. The van der Waals surface area contributed by atoms with Gasteiger partial charge in [0.25, 0.3) is 0 Å². The summed E-state index contributed by atoms with van der Waals surface area (Å²) in [5.41, 5.74) is 0.00247. The molecule has 32 heavy (non-hydrogen) atoms. The average molecular weight is 452 g/mol. The first-order valence-electron chi connectivity index (χ1n) is 11.8. The smallest absolute Gasteiger partial charge is 0.333 e. The van der Waals surface area contributed by atoms with Crippen LogP contribution in [-0.2, 0) is 19.1 Å². The molecule has 1 heterocycles. The van der Waals surface area contributed by atoms with E-state index in [9.17, 15) is 14.4 Å². The lowest BCUT2D eigenvalue weighted by Gasteiger charge is -2.40. The van der Waals surface area contributed by atoms with E-state index in [1.54, 1.807) is 31.9 Å². The molecule has 1 saturated heterocycles. The molecule has 7 nitrogen and oxygen atoms in total. The Morgan fingerprint density at radius 2 is 1.81 bits per heavy atom. The van der Waals surface area contributed by atoms with Crippen molar-refractivity contribution in [3.05, 3.63) is 11.6 Å². The van der Waals surface area contributed by atoms with Gasteiger partial charge in [0.1, 0.15) is 6.04 Å². The summed E-state index contributed by atoms with van der Waals surface area (Å²) in [6, 6.07) is -1.20. The normalized spacial score (nSPS) is 22.3. The minimum Gasteiger partial charge on any atom is -0.463 e. The minimum atomic E-state index is -0.676. The summed E-state index contributed by atoms with van der Waals surface area (Å²) in [7, 11) is 3.71. The first kappa shape index (κ1) is 28.1. The molecule has 1 N–H and O–H groups in total. The molecule has 184 valence electrons. The van der Waals surface area contributed by atoms with Gasteiger partial charge in [-0.15, -0.1) is 0 Å². The van der Waals surface area contributed by atoms with Crippen LogP contribution >= 0.6 is 0 Å². The highest BCUT2D eigenvalue weighted by Gasteiger charge is 2.39. The molecule has 1 rings (SSSR count). The molecule has 0 aromatic heterocycles. The van der Waals surface area contributed by atoms with Gasteiger partial charge in [-0.1, -0.05) is 47.6 Å². The van der Waals surface area contributed by atoms with Crippen LogP contribution in [0.15, 0.2) is 11.6 Å². The second-order valence-corrected chi connectivity index (χ2v) is 10.7. The number of nitrogens with one attached hydrogen (secondary N) is 1. The SMILES string of the molecule is CCOC(=O)/C(C)=C/C(C(C)C)N(C)C(=O)[C@@H](NC(=O)[C@H]1CC[C@@H](C)CN1C)C(C)(C)C. The molecule has 1 unspecified atom stereocenters. The second kappa shape index (κ2) is 11.8. The summed E-state index contributed by atoms with van der Waals surface area (Å²) in [4.78, 5) is 42.6. The van der Waals surface area contributed by atoms with E-state index in [0.717, 1.165) is 19.4 Å². The zero-order valence-electron chi connectivity index (χ0n) is 21.8. The third-order valence-corrected chi connectivity index (χ3v) is 6.26. The van der Waals surface area contributed by atoms with Crippen LogP contribution in [0.3, 0.4) is 0 Å². The maximum Gasteiger partial charge on any atom is 0.333 e. The summed E-state index contributed by atoms with van der Waals surface area (Å²) in [6.07, 6.45) is 3.59. The number of hydrogen-bond acceptors (Lipinski definition) is 5. The Morgan fingerprint density at radius 3 is 2.28 bits per heavy atom. The second-order valence-electron chi connectivity index (χ2n) is 10.7. The fraction of sp³-hybridized carbons (Fsp3) is 0.800. The van der Waals surface area contributed by atoms with Crippen molar-refractivity contribution in [3.8, 4) is 0 Å². The van der Waals surface area contributed by atoms with Gasteiger partial charge >= 0.3 is 5.97 Å². The number of ether oxygens (including phenoxy) is 1. The van der Waals surface area contributed by atoms with Crippen molar-refractivity contribution in [2.45, 2.75) is 86.4 Å². The third-order valence-electron chi connectivity index (χ3n) is 6.26. The van der Waals surface area contributed by atoms with Gasteiger partial charge in [0, 0.05) is 19.2 Å². The number of carbonyl (C=O) groups excluding carboxylic acids is 3. The van der Waals surface area contributed by atoms with Gasteiger partial charge in [0.05, 0.1) is 18.7 Å². The number of amides is 2. The van der Waals surface area contributed by atoms with E-state index in [1.807, 2.05) is 41.7 Å². The lowest BCUT2D eigenvalue weighted by Crippen LogP contribution is -2.60. The summed E-state index contributed by atoms with van der Waals surface area (Å²) in [6.45, 7) is 16.7. The van der Waals surface area contributed by atoms with E-state index in [-0.39, 0.29) is 35.8 Å². The number of likely N-dealkylation sites (tertiary alicyclic amines) is 1. The summed E-state index contributed by atoms with van der Waals surface area (Å²) >= 11 is 0. The quantitative estimate of drug-likeness (QED) is 0.453. The lowest BCUT2D eigenvalue weighted by atomic mass is 9.84. The Balaban J connectivity index is 3.10. The molecule has 0 aliphatic carbocycles. The molecular formula is C25H45N3O4. The van der Waals surface area contributed by atoms with E-state index in [0.29, 0.717) is 18.1 Å². The summed E-state index contributed by atoms with van der Waals surface area (Å²) < 4.78 is 5.09. The minimum absolute atomic E-state index is 0.0793. The fourth-order valence-corrected chi connectivity index (χ4v) is 4.26. The van der Waals surface area contributed by atoms with Gasteiger partial charge < -0.3 is 15.0 Å². The van der Waals surface area contributed by atoms with Gasteiger partial charge in [0.2, 0.25) is 11.8 Å². The molecule has 0 saturated carbocycles. The number of likely N-dealkylation sites (N-methyl/N-ethyl adjacent to an activating group) is 2. The van der Waals surface area contributed by atoms with Crippen LogP contribution in [0.2, 0.25) is 0 Å². The van der Waals surface area contributed by atoms with E-state index < -0.39 is 11.5 Å². The predicted molar refractivity (Wildman–Crippen MR) is 128 cm³/mol. The van der Waals surface area contributed by atoms with E-state index in [1.165, 1.54) is 0 Å². The van der Waals surface area contributed by atoms with E-state index in [2.05, 4.69) is 17.1 Å². The van der Waals surface area contributed by atoms with Crippen LogP contribution < -0.4 is 5.32 Å². The Bertz CT molecular complexity index is 696. The van der Waals surface area contributed by atoms with Crippen molar-refractivity contribution in [1.29, 1.82) is 0 Å². The van der Waals surface area contributed by atoms with Crippen LogP contribution in [0, 0.1) is 17.3 Å². The van der Waals surface area contributed by atoms with Gasteiger partial charge in [0.15, 0.2) is 0 Å². The highest BCUT2D eigenvalue weighted by atomic mass is 16.5. The molecule has 4 atom stereocenters. The monoisotopic (exact) mass is 451 g/mol. The van der Waals surface area contributed by atoms with E-state index >= 15 is 0 Å². The molecule has 0 bridgehead atoms. The molecule has 0 radical (unpaired) electrons. The molecule has 1 fully saturated rings. The van der Waals surface area contributed by atoms with Crippen LogP contribution in [0.5, 0.6) is 0 Å². The zero-order valence-corrected chi connectivity index (χ0v) is 21.8. The van der Waals surface area contributed by atoms with Crippen LogP contribution in [-0.4, -0.2) is 73.0 Å². The van der Waals surface area contributed by atoms with Crippen LogP contribution in [0.1, 0.15) is 68.2 Å². The Morgan fingerprint density at radius 1 is 1.22 bits per heavy atom. The van der Waals surface area contributed by atoms with Crippen molar-refractivity contribution in [1.82, 2.24) is 15.1 Å². The third kappa shape index (κ3) is 7.61. The molecule has 1 aliphatic rings. The van der Waals surface area contributed by atoms with Crippen molar-refractivity contribution in [2.24, 2.45) is 17.3 Å². The van der Waals surface area contributed by atoms with Gasteiger partial charge in [-0.3, -0.25) is 14.5 Å². The molecule has 0 aromatic rings. The summed E-state index contributed by atoms with van der Waals surface area (Å²) in [5.74, 6) is 0.00556. The first-order valence-corrected chi connectivity index (χ1v) is 11.8. The average Bonchev–Trinajstić information content (AvgIpc) is 2.67. The topological polar surface area (TPSA) is 79.0 Å². The molecule has 2 amide bonds. The Hall–Kier alpha value is -1.89. The zero-order chi connectivity index (χ0) is 24.8. The molecule has 7 heteroatoms. The van der Waals surface area contributed by atoms with Crippen LogP contribution in [0.25, 0.3) is 0 Å². The van der Waals surface area contributed by atoms with Crippen molar-refractivity contribution in [3.63, 3.8) is 0 Å². The Kier molecular flexibility index (Phi) is 10.4. The molecular weight excluding hydrogens is 406 g/mol. The standard InChI is InChI=1S/C25H45N3O4/c1-11-32-24(31)18(5)14-20(16(2)3)28(10)23(30)21(25(6,7)8)26-22(29)19-13-12-17(4)15-27(19)9/h14,16-17,19-21H,11-13,15H2,1-10H3,(H,26,29)/b18-14+/t17-,19-,20?,21-/m1/s1. The number of hydrogen-bond donors (Lipinski definition) is 1. The van der Waals surface area contributed by atoms with Crippen molar-refractivity contribution >= 4 is 17.8 Å². The largest absolute Gasteiger partial charge is 0.463 e.